The Morgan fingerprint density at radius 3 is 1.33 bits per heavy atom. The van der Waals surface area contributed by atoms with Crippen LogP contribution in [0.2, 0.25) is 0 Å². The zero-order chi connectivity index (χ0) is 26.4. The average Bonchev–Trinajstić information content (AvgIpc) is 3.01. The van der Waals surface area contributed by atoms with Crippen LogP contribution >= 0.6 is 0 Å². The normalized spacial score (nSPS) is 11.1. The molecule has 0 fully saturated rings. The van der Waals surface area contributed by atoms with Crippen LogP contribution in [0.15, 0.2) is 162 Å². The maximum atomic E-state index is 10.2. The van der Waals surface area contributed by atoms with Gasteiger partial charge in [-0.3, -0.25) is 0 Å². The van der Waals surface area contributed by atoms with Crippen LogP contribution in [-0.4, -0.2) is 5.11 Å². The van der Waals surface area contributed by atoms with Crippen molar-refractivity contribution in [2.75, 3.05) is 0 Å². The first-order chi connectivity index (χ1) is 19.3. The molecule has 39 heavy (non-hydrogen) atoms. The van der Waals surface area contributed by atoms with Gasteiger partial charge in [0, 0.05) is 10.8 Å². The van der Waals surface area contributed by atoms with Crippen molar-refractivity contribution in [3.05, 3.63) is 174 Å². The molecule has 1 N–H and O–H groups in total. The van der Waals surface area contributed by atoms with Gasteiger partial charge in [0.15, 0.2) is 0 Å². The van der Waals surface area contributed by atoms with Gasteiger partial charge in [-0.25, -0.2) is 0 Å². The van der Waals surface area contributed by atoms with Gasteiger partial charge in [-0.05, 0) is 57.7 Å². The molecule has 3 nitrogen and oxygen atoms in total. The molecule has 0 radical (unpaired) electrons. The van der Waals surface area contributed by atoms with Crippen LogP contribution in [0.25, 0.3) is 21.9 Å². The number of phenolic OH excluding ortho intramolecular Hbond substituents is 1. The lowest BCUT2D eigenvalue weighted by Crippen LogP contribution is -1.97. The molecular formula is C36H26N2O. The highest BCUT2D eigenvalue weighted by Gasteiger charge is 2.16. The summed E-state index contributed by atoms with van der Waals surface area (Å²) >= 11 is 0. The number of fused-ring (bicyclic) bond motifs is 1. The average molecular weight is 503 g/mol. The van der Waals surface area contributed by atoms with Gasteiger partial charge >= 0.3 is 0 Å². The molecule has 3 heteroatoms. The number of nitrogens with zero attached hydrogens (tertiary/aromatic N) is 2. The number of hydrogen-bond acceptors (Lipinski definition) is 3. The molecule has 186 valence electrons. The van der Waals surface area contributed by atoms with E-state index >= 15 is 0 Å². The van der Waals surface area contributed by atoms with Crippen LogP contribution in [0.1, 0.15) is 22.3 Å². The van der Waals surface area contributed by atoms with Gasteiger partial charge in [-0.1, -0.05) is 127 Å². The first-order valence-electron chi connectivity index (χ1n) is 12.9. The Labute approximate surface area is 228 Å². The molecule has 0 saturated heterocycles. The van der Waals surface area contributed by atoms with Crippen LogP contribution in [-0.2, 0) is 0 Å². The van der Waals surface area contributed by atoms with Gasteiger partial charge in [0.05, 0.1) is 11.4 Å². The van der Waals surface area contributed by atoms with E-state index in [0.29, 0.717) is 5.69 Å². The third-order valence-electron chi connectivity index (χ3n) is 6.74. The van der Waals surface area contributed by atoms with Gasteiger partial charge in [-0.15, -0.1) is 5.11 Å². The monoisotopic (exact) mass is 502 g/mol. The molecule has 0 atom stereocenters. The van der Waals surface area contributed by atoms with Crippen LogP contribution in [0, 0.1) is 0 Å². The van der Waals surface area contributed by atoms with Gasteiger partial charge in [0.2, 0.25) is 0 Å². The lowest BCUT2D eigenvalue weighted by Gasteiger charge is -2.18. The van der Waals surface area contributed by atoms with Gasteiger partial charge in [-0.2, -0.15) is 5.11 Å². The molecule has 0 aliphatic rings. The summed E-state index contributed by atoms with van der Waals surface area (Å²) in [4.78, 5) is 0. The number of aromatic hydroxyl groups is 1. The molecule has 0 aromatic heterocycles. The van der Waals surface area contributed by atoms with Crippen LogP contribution in [0.3, 0.4) is 0 Å². The van der Waals surface area contributed by atoms with E-state index in [1.54, 1.807) is 12.1 Å². The molecule has 0 aliphatic carbocycles. The van der Waals surface area contributed by atoms with E-state index in [1.165, 1.54) is 5.57 Å². The van der Waals surface area contributed by atoms with Crippen LogP contribution < -0.4 is 0 Å². The first kappa shape index (κ1) is 24.1. The lowest BCUT2D eigenvalue weighted by atomic mass is 9.86. The second-order valence-electron chi connectivity index (χ2n) is 9.24. The SMILES string of the molecule is Oc1ccc(N=Nc2ccc(C(=C(c3ccccc3)c3ccccc3)c3ccccc3)cc2)c2ccccc12. The standard InChI is InChI=1S/C36H26N2O/c39-34-25-24-33(31-18-10-11-19-32(31)34)38-37-30-22-20-29(21-23-30)36(28-16-8-3-9-17-28)35(26-12-4-1-5-13-26)27-14-6-2-7-15-27/h1-25,39H. The largest absolute Gasteiger partial charge is 0.507 e. The zero-order valence-electron chi connectivity index (χ0n) is 21.3. The van der Waals surface area contributed by atoms with Gasteiger partial charge in [0.1, 0.15) is 5.75 Å². The molecule has 6 aromatic rings. The van der Waals surface area contributed by atoms with Crippen molar-refractivity contribution in [3.63, 3.8) is 0 Å². The molecule has 6 aromatic carbocycles. The number of azo groups is 1. The predicted octanol–water partition coefficient (Wildman–Crippen LogP) is 9.97. The molecule has 0 saturated carbocycles. The summed E-state index contributed by atoms with van der Waals surface area (Å²) in [5.74, 6) is 0.238. The van der Waals surface area contributed by atoms with Crippen molar-refractivity contribution in [2.45, 2.75) is 0 Å². The third kappa shape index (κ3) is 5.11. The minimum Gasteiger partial charge on any atom is -0.507 e. The molecular weight excluding hydrogens is 476 g/mol. The maximum absolute atomic E-state index is 10.2. The lowest BCUT2D eigenvalue weighted by molar-refractivity contribution is 0.481. The van der Waals surface area contributed by atoms with Gasteiger partial charge in [0.25, 0.3) is 0 Å². The summed E-state index contributed by atoms with van der Waals surface area (Å²) in [6.07, 6.45) is 0. The number of phenols is 1. The highest BCUT2D eigenvalue weighted by Crippen LogP contribution is 2.38. The van der Waals surface area contributed by atoms with E-state index in [-0.39, 0.29) is 5.75 Å². The van der Waals surface area contributed by atoms with Crippen molar-refractivity contribution in [1.82, 2.24) is 0 Å². The summed E-state index contributed by atoms with van der Waals surface area (Å²) < 4.78 is 0. The van der Waals surface area contributed by atoms with Crippen molar-refractivity contribution >= 4 is 33.3 Å². The second-order valence-corrected chi connectivity index (χ2v) is 9.24. The Balaban J connectivity index is 1.45. The molecule has 6 rings (SSSR count). The van der Waals surface area contributed by atoms with E-state index in [9.17, 15) is 5.11 Å². The van der Waals surface area contributed by atoms with E-state index in [1.807, 2.05) is 54.6 Å². The second kappa shape index (κ2) is 11.0. The van der Waals surface area contributed by atoms with E-state index in [4.69, 9.17) is 0 Å². The molecule has 0 amide bonds. The number of benzene rings is 6. The van der Waals surface area contributed by atoms with E-state index in [2.05, 4.69) is 95.2 Å². The molecule has 0 bridgehead atoms. The molecule has 0 spiro atoms. The topological polar surface area (TPSA) is 45.0 Å². The van der Waals surface area contributed by atoms with Crippen molar-refractivity contribution in [3.8, 4) is 5.75 Å². The Morgan fingerprint density at radius 1 is 0.385 bits per heavy atom. The van der Waals surface area contributed by atoms with E-state index < -0.39 is 0 Å². The Morgan fingerprint density at radius 2 is 0.821 bits per heavy atom. The Bertz CT molecular complexity index is 1730. The predicted molar refractivity (Wildman–Crippen MR) is 161 cm³/mol. The minimum absolute atomic E-state index is 0.238. The van der Waals surface area contributed by atoms with E-state index in [0.717, 1.165) is 44.3 Å². The fraction of sp³-hybridized carbons (Fsp3) is 0. The molecule has 0 heterocycles. The number of rotatable bonds is 6. The molecule has 0 unspecified atom stereocenters. The molecule has 0 aliphatic heterocycles. The first-order valence-corrected chi connectivity index (χ1v) is 12.9. The fourth-order valence-electron chi connectivity index (χ4n) is 4.89. The third-order valence-corrected chi connectivity index (χ3v) is 6.74. The number of hydrogen-bond donors (Lipinski definition) is 1. The summed E-state index contributed by atoms with van der Waals surface area (Å²) in [7, 11) is 0. The Hall–Kier alpha value is -5.28. The quantitative estimate of drug-likeness (QED) is 0.179. The summed E-state index contributed by atoms with van der Waals surface area (Å²) in [6, 6.07) is 50.9. The smallest absolute Gasteiger partial charge is 0.123 e. The highest BCUT2D eigenvalue weighted by atomic mass is 16.3. The van der Waals surface area contributed by atoms with Gasteiger partial charge < -0.3 is 5.11 Å². The fourth-order valence-corrected chi connectivity index (χ4v) is 4.89. The van der Waals surface area contributed by atoms with Crippen molar-refractivity contribution in [1.29, 1.82) is 0 Å². The summed E-state index contributed by atoms with van der Waals surface area (Å²) in [5, 5.41) is 20.8. The Kier molecular flexibility index (Phi) is 6.79. The zero-order valence-corrected chi connectivity index (χ0v) is 21.3. The highest BCUT2D eigenvalue weighted by molar-refractivity contribution is 6.04. The van der Waals surface area contributed by atoms with Crippen molar-refractivity contribution in [2.24, 2.45) is 10.2 Å². The maximum Gasteiger partial charge on any atom is 0.123 e. The van der Waals surface area contributed by atoms with Crippen LogP contribution in [0.4, 0.5) is 11.4 Å². The summed E-state index contributed by atoms with van der Waals surface area (Å²) in [6.45, 7) is 0. The van der Waals surface area contributed by atoms with Crippen molar-refractivity contribution < 1.29 is 5.11 Å². The summed E-state index contributed by atoms with van der Waals surface area (Å²) in [5.41, 5.74) is 8.35. The van der Waals surface area contributed by atoms with Crippen LogP contribution in [0.5, 0.6) is 5.75 Å². The minimum atomic E-state index is 0.238.